The SMILES string of the molecule is CCNC(=NCC1(O)CCc2ccccc21)NCC(c1ccco1)N1CCCC1.I. The quantitative estimate of drug-likeness (QED) is 0.294. The lowest BCUT2D eigenvalue weighted by Crippen LogP contribution is -2.43. The fraction of sp³-hybridized carbons (Fsp3) is 0.522. The molecular weight excluding hydrogens is 491 g/mol. The lowest BCUT2D eigenvalue weighted by molar-refractivity contribution is 0.0485. The van der Waals surface area contributed by atoms with Crippen LogP contribution in [0.5, 0.6) is 0 Å². The molecule has 6 nitrogen and oxygen atoms in total. The fourth-order valence-corrected chi connectivity index (χ4v) is 4.52. The highest BCUT2D eigenvalue weighted by atomic mass is 127. The Hall–Kier alpha value is -1.58. The summed E-state index contributed by atoms with van der Waals surface area (Å²) in [5.74, 6) is 1.72. The number of rotatable bonds is 7. The highest BCUT2D eigenvalue weighted by Crippen LogP contribution is 2.36. The Bertz CT molecular complexity index is 820. The second-order valence-electron chi connectivity index (χ2n) is 8.04. The lowest BCUT2D eigenvalue weighted by atomic mass is 9.96. The van der Waals surface area contributed by atoms with Crippen LogP contribution < -0.4 is 10.6 Å². The molecule has 0 radical (unpaired) electrons. The number of hydrogen-bond acceptors (Lipinski definition) is 4. The molecule has 0 spiro atoms. The van der Waals surface area contributed by atoms with Crippen molar-refractivity contribution in [1.82, 2.24) is 15.5 Å². The first-order valence-electron chi connectivity index (χ1n) is 10.8. The second kappa shape index (κ2) is 10.6. The minimum Gasteiger partial charge on any atom is -0.468 e. The summed E-state index contributed by atoms with van der Waals surface area (Å²) in [6.45, 7) is 6.09. The molecule has 1 aromatic carbocycles. The van der Waals surface area contributed by atoms with Gasteiger partial charge in [-0.25, -0.2) is 4.99 Å². The molecular formula is C23H33IN4O2. The Balaban J connectivity index is 0.00000256. The molecule has 0 saturated carbocycles. The van der Waals surface area contributed by atoms with E-state index in [9.17, 15) is 5.11 Å². The maximum atomic E-state index is 11.2. The summed E-state index contributed by atoms with van der Waals surface area (Å²) < 4.78 is 5.71. The van der Waals surface area contributed by atoms with E-state index in [1.165, 1.54) is 18.4 Å². The van der Waals surface area contributed by atoms with Crippen molar-refractivity contribution in [2.45, 2.75) is 44.2 Å². The molecule has 2 aromatic rings. The number of likely N-dealkylation sites (tertiary alicyclic amines) is 1. The normalized spacial score (nSPS) is 22.4. The van der Waals surface area contributed by atoms with Gasteiger partial charge in [-0.1, -0.05) is 24.3 Å². The van der Waals surface area contributed by atoms with Crippen molar-refractivity contribution < 1.29 is 9.52 Å². The Morgan fingerprint density at radius 3 is 2.73 bits per heavy atom. The van der Waals surface area contributed by atoms with Gasteiger partial charge in [0, 0.05) is 13.1 Å². The predicted octanol–water partition coefficient (Wildman–Crippen LogP) is 3.42. The van der Waals surface area contributed by atoms with Crippen LogP contribution >= 0.6 is 24.0 Å². The Kier molecular flexibility index (Phi) is 8.19. The minimum atomic E-state index is -0.881. The van der Waals surface area contributed by atoms with Gasteiger partial charge in [-0.05, 0) is 69.0 Å². The zero-order valence-electron chi connectivity index (χ0n) is 17.6. The summed E-state index contributed by atoms with van der Waals surface area (Å²) in [5, 5.41) is 18.0. The number of furan rings is 1. The summed E-state index contributed by atoms with van der Waals surface area (Å²) in [5.41, 5.74) is 1.37. The molecule has 1 fully saturated rings. The first-order chi connectivity index (χ1) is 14.2. The van der Waals surface area contributed by atoms with Gasteiger partial charge in [-0.2, -0.15) is 0 Å². The number of aliphatic imine (C=N–C) groups is 1. The van der Waals surface area contributed by atoms with Crippen LogP contribution in [0, 0.1) is 0 Å². The fourth-order valence-electron chi connectivity index (χ4n) is 4.52. The van der Waals surface area contributed by atoms with Crippen LogP contribution in [0.4, 0.5) is 0 Å². The molecule has 2 heterocycles. The molecule has 1 aliphatic heterocycles. The van der Waals surface area contributed by atoms with Gasteiger partial charge in [0.25, 0.3) is 0 Å². The van der Waals surface area contributed by atoms with Crippen LogP contribution in [-0.4, -0.2) is 48.7 Å². The monoisotopic (exact) mass is 524 g/mol. The third-order valence-corrected chi connectivity index (χ3v) is 6.09. The van der Waals surface area contributed by atoms with E-state index in [0.29, 0.717) is 13.1 Å². The van der Waals surface area contributed by atoms with Crippen LogP contribution in [0.15, 0.2) is 52.1 Å². The molecule has 0 amide bonds. The molecule has 1 saturated heterocycles. The first kappa shape index (κ1) is 23.1. The van der Waals surface area contributed by atoms with Crippen molar-refractivity contribution in [1.29, 1.82) is 0 Å². The number of hydrogen-bond donors (Lipinski definition) is 3. The smallest absolute Gasteiger partial charge is 0.191 e. The molecule has 7 heteroatoms. The number of fused-ring (bicyclic) bond motifs is 1. The number of nitrogens with zero attached hydrogens (tertiary/aromatic N) is 2. The summed E-state index contributed by atoms with van der Waals surface area (Å²) in [6.07, 6.45) is 5.83. The summed E-state index contributed by atoms with van der Waals surface area (Å²) in [6, 6.07) is 12.3. The Labute approximate surface area is 196 Å². The van der Waals surface area contributed by atoms with Crippen molar-refractivity contribution >= 4 is 29.9 Å². The molecule has 164 valence electrons. The van der Waals surface area contributed by atoms with Crippen molar-refractivity contribution in [3.63, 3.8) is 0 Å². The molecule has 1 aliphatic carbocycles. The van der Waals surface area contributed by atoms with E-state index < -0.39 is 5.60 Å². The van der Waals surface area contributed by atoms with Gasteiger partial charge >= 0.3 is 0 Å². The van der Waals surface area contributed by atoms with Crippen molar-refractivity contribution in [3.05, 3.63) is 59.5 Å². The summed E-state index contributed by atoms with van der Waals surface area (Å²) in [7, 11) is 0. The largest absolute Gasteiger partial charge is 0.468 e. The number of nitrogens with one attached hydrogen (secondary N) is 2. The van der Waals surface area contributed by atoms with Gasteiger partial charge < -0.3 is 20.2 Å². The molecule has 2 unspecified atom stereocenters. The topological polar surface area (TPSA) is 73.0 Å². The van der Waals surface area contributed by atoms with Crippen LogP contribution in [0.2, 0.25) is 0 Å². The first-order valence-corrected chi connectivity index (χ1v) is 10.8. The third kappa shape index (κ3) is 5.18. The Morgan fingerprint density at radius 1 is 1.20 bits per heavy atom. The van der Waals surface area contributed by atoms with Crippen LogP contribution in [0.3, 0.4) is 0 Å². The number of aryl methyl sites for hydroxylation is 1. The minimum absolute atomic E-state index is 0. The van der Waals surface area contributed by atoms with Gasteiger partial charge in [0.1, 0.15) is 11.4 Å². The van der Waals surface area contributed by atoms with Crippen molar-refractivity contribution in [2.24, 2.45) is 4.99 Å². The number of benzene rings is 1. The molecule has 4 rings (SSSR count). The predicted molar refractivity (Wildman–Crippen MR) is 130 cm³/mol. The standard InChI is InChI=1S/C23H32N4O2.HI/c1-2-24-22(26-17-23(28)12-11-18-8-3-4-9-19(18)23)25-16-20(21-10-7-15-29-21)27-13-5-6-14-27;/h3-4,7-10,15,20,28H,2,5-6,11-14,16-17H2,1H3,(H2,24,25,26);1H. The molecule has 0 bridgehead atoms. The van der Waals surface area contributed by atoms with Gasteiger partial charge in [0.2, 0.25) is 0 Å². The summed E-state index contributed by atoms with van der Waals surface area (Å²) >= 11 is 0. The van der Waals surface area contributed by atoms with E-state index in [2.05, 4.69) is 28.5 Å². The lowest BCUT2D eigenvalue weighted by Gasteiger charge is -2.27. The van der Waals surface area contributed by atoms with Crippen molar-refractivity contribution in [2.75, 3.05) is 32.7 Å². The number of halogens is 1. The van der Waals surface area contributed by atoms with Gasteiger partial charge in [-0.15, -0.1) is 24.0 Å². The van der Waals surface area contributed by atoms with E-state index in [1.54, 1.807) is 6.26 Å². The molecule has 3 N–H and O–H groups in total. The van der Waals surface area contributed by atoms with Crippen molar-refractivity contribution in [3.8, 4) is 0 Å². The van der Waals surface area contributed by atoms with Crippen LogP contribution in [0.25, 0.3) is 0 Å². The van der Waals surface area contributed by atoms with Crippen LogP contribution in [-0.2, 0) is 12.0 Å². The Morgan fingerprint density at radius 2 is 2.00 bits per heavy atom. The average Bonchev–Trinajstić information content (AvgIpc) is 3.50. The zero-order chi connectivity index (χ0) is 20.1. The van der Waals surface area contributed by atoms with E-state index >= 15 is 0 Å². The molecule has 30 heavy (non-hydrogen) atoms. The highest BCUT2D eigenvalue weighted by molar-refractivity contribution is 14.0. The zero-order valence-corrected chi connectivity index (χ0v) is 20.0. The van der Waals surface area contributed by atoms with E-state index in [1.807, 2.05) is 30.3 Å². The molecule has 1 aromatic heterocycles. The van der Waals surface area contributed by atoms with Gasteiger partial charge in [0.15, 0.2) is 5.96 Å². The highest BCUT2D eigenvalue weighted by Gasteiger charge is 2.36. The maximum Gasteiger partial charge on any atom is 0.191 e. The molecule has 2 aliphatic rings. The van der Waals surface area contributed by atoms with E-state index in [4.69, 9.17) is 9.41 Å². The summed E-state index contributed by atoms with van der Waals surface area (Å²) in [4.78, 5) is 7.21. The number of aliphatic hydroxyl groups is 1. The van der Waals surface area contributed by atoms with Gasteiger partial charge in [0.05, 0.1) is 18.8 Å². The van der Waals surface area contributed by atoms with Crippen LogP contribution in [0.1, 0.15) is 49.1 Å². The molecule has 2 atom stereocenters. The maximum absolute atomic E-state index is 11.2. The number of guanidine groups is 1. The van der Waals surface area contributed by atoms with Gasteiger partial charge in [-0.3, -0.25) is 4.90 Å². The average molecular weight is 524 g/mol. The van der Waals surface area contributed by atoms with E-state index in [0.717, 1.165) is 49.8 Å². The second-order valence-corrected chi connectivity index (χ2v) is 8.04. The third-order valence-electron chi connectivity index (χ3n) is 6.09. The van der Waals surface area contributed by atoms with E-state index in [-0.39, 0.29) is 30.0 Å².